The fourth-order valence-corrected chi connectivity index (χ4v) is 1.74. The zero-order chi connectivity index (χ0) is 12.3. The van der Waals surface area contributed by atoms with Crippen molar-refractivity contribution in [1.29, 1.82) is 0 Å². The van der Waals surface area contributed by atoms with E-state index < -0.39 is 5.91 Å². The molecule has 0 spiro atoms. The van der Waals surface area contributed by atoms with Crippen LogP contribution in [0.25, 0.3) is 0 Å². The third-order valence-electron chi connectivity index (χ3n) is 2.80. The van der Waals surface area contributed by atoms with Crippen LogP contribution >= 0.6 is 0 Å². The summed E-state index contributed by atoms with van der Waals surface area (Å²) in [5, 5.41) is 2.13. The second kappa shape index (κ2) is 5.11. The number of piperazine rings is 1. The molecule has 1 fully saturated rings. The van der Waals surface area contributed by atoms with Crippen LogP contribution in [-0.4, -0.2) is 54.0 Å². The average molecular weight is 235 g/mol. The molecule has 1 aromatic heterocycles. The van der Waals surface area contributed by atoms with Gasteiger partial charge in [0, 0.05) is 32.4 Å². The standard InChI is InChI=1S/C11H17N5O/c1-15-4-6-16(7-5-15)14-9-2-3-13-10(8-9)11(12)17/h2-3,8H,4-7H2,1H3,(H2,12,17)(H,13,14). The fourth-order valence-electron chi connectivity index (χ4n) is 1.74. The van der Waals surface area contributed by atoms with Gasteiger partial charge in [0.05, 0.1) is 5.69 Å². The Morgan fingerprint density at radius 3 is 2.76 bits per heavy atom. The minimum absolute atomic E-state index is 0.282. The molecule has 0 saturated carbocycles. The van der Waals surface area contributed by atoms with Crippen LogP contribution in [0.1, 0.15) is 10.5 Å². The number of hydrazine groups is 1. The van der Waals surface area contributed by atoms with E-state index in [-0.39, 0.29) is 5.69 Å². The number of rotatable bonds is 3. The third-order valence-corrected chi connectivity index (χ3v) is 2.80. The molecule has 3 N–H and O–H groups in total. The largest absolute Gasteiger partial charge is 0.364 e. The van der Waals surface area contributed by atoms with Crippen LogP contribution in [0.2, 0.25) is 0 Å². The van der Waals surface area contributed by atoms with Crippen molar-refractivity contribution in [1.82, 2.24) is 14.9 Å². The van der Waals surface area contributed by atoms with E-state index in [0.29, 0.717) is 0 Å². The molecule has 0 atom stereocenters. The number of carbonyl (C=O) groups is 1. The summed E-state index contributed by atoms with van der Waals surface area (Å²) in [5.41, 5.74) is 9.57. The van der Waals surface area contributed by atoms with E-state index >= 15 is 0 Å². The number of amides is 1. The maximum atomic E-state index is 11.0. The Hall–Kier alpha value is -1.66. The monoisotopic (exact) mass is 235 g/mol. The van der Waals surface area contributed by atoms with Crippen LogP contribution in [0.5, 0.6) is 0 Å². The van der Waals surface area contributed by atoms with Crippen LogP contribution in [0.15, 0.2) is 18.3 Å². The Kier molecular flexibility index (Phi) is 3.55. The van der Waals surface area contributed by atoms with Gasteiger partial charge in [0.25, 0.3) is 5.91 Å². The second-order valence-electron chi connectivity index (χ2n) is 4.20. The first kappa shape index (κ1) is 11.8. The molecule has 17 heavy (non-hydrogen) atoms. The molecule has 92 valence electrons. The Morgan fingerprint density at radius 1 is 1.41 bits per heavy atom. The summed E-state index contributed by atoms with van der Waals surface area (Å²) >= 11 is 0. The number of hydrogen-bond acceptors (Lipinski definition) is 5. The first-order valence-corrected chi connectivity index (χ1v) is 5.61. The van der Waals surface area contributed by atoms with E-state index in [1.54, 1.807) is 12.3 Å². The number of primary amides is 1. The molecule has 1 amide bonds. The van der Waals surface area contributed by atoms with Crippen molar-refractivity contribution in [2.24, 2.45) is 5.73 Å². The van der Waals surface area contributed by atoms with E-state index in [2.05, 4.69) is 27.4 Å². The summed E-state index contributed by atoms with van der Waals surface area (Å²) in [7, 11) is 2.11. The van der Waals surface area contributed by atoms with E-state index in [0.717, 1.165) is 31.9 Å². The minimum atomic E-state index is -0.507. The van der Waals surface area contributed by atoms with Gasteiger partial charge in [0.15, 0.2) is 0 Å². The zero-order valence-corrected chi connectivity index (χ0v) is 9.89. The summed E-state index contributed by atoms with van der Waals surface area (Å²) < 4.78 is 0. The van der Waals surface area contributed by atoms with Crippen molar-refractivity contribution in [3.8, 4) is 0 Å². The molecule has 0 bridgehead atoms. The Morgan fingerprint density at radius 2 is 2.12 bits per heavy atom. The van der Waals surface area contributed by atoms with Gasteiger partial charge in [-0.25, -0.2) is 5.01 Å². The van der Waals surface area contributed by atoms with Crippen LogP contribution in [0.4, 0.5) is 5.69 Å². The first-order valence-electron chi connectivity index (χ1n) is 5.61. The molecule has 1 aliphatic rings. The predicted molar refractivity (Wildman–Crippen MR) is 65.4 cm³/mol. The van der Waals surface area contributed by atoms with Gasteiger partial charge < -0.3 is 16.1 Å². The second-order valence-corrected chi connectivity index (χ2v) is 4.20. The maximum Gasteiger partial charge on any atom is 0.267 e. The molecule has 2 heterocycles. The first-order chi connectivity index (χ1) is 8.15. The number of pyridine rings is 1. The molecule has 1 saturated heterocycles. The van der Waals surface area contributed by atoms with Gasteiger partial charge in [0.1, 0.15) is 5.69 Å². The molecule has 0 radical (unpaired) electrons. The lowest BCUT2D eigenvalue weighted by Crippen LogP contribution is -2.46. The quantitative estimate of drug-likeness (QED) is 0.756. The summed E-state index contributed by atoms with van der Waals surface area (Å²) in [6, 6.07) is 3.49. The smallest absolute Gasteiger partial charge is 0.267 e. The van der Waals surface area contributed by atoms with Gasteiger partial charge in [-0.3, -0.25) is 9.78 Å². The van der Waals surface area contributed by atoms with E-state index in [1.165, 1.54) is 0 Å². The number of anilines is 1. The maximum absolute atomic E-state index is 11.0. The van der Waals surface area contributed by atoms with Crippen LogP contribution in [0.3, 0.4) is 0 Å². The lowest BCUT2D eigenvalue weighted by molar-refractivity contribution is 0.0995. The van der Waals surface area contributed by atoms with Crippen molar-refractivity contribution in [2.75, 3.05) is 38.7 Å². The summed E-state index contributed by atoms with van der Waals surface area (Å²) in [4.78, 5) is 17.2. The van der Waals surface area contributed by atoms with Gasteiger partial charge in [-0.15, -0.1) is 0 Å². The van der Waals surface area contributed by atoms with E-state index in [1.807, 2.05) is 6.07 Å². The normalized spacial score (nSPS) is 17.9. The van der Waals surface area contributed by atoms with Crippen molar-refractivity contribution >= 4 is 11.6 Å². The molecule has 1 aliphatic heterocycles. The number of nitrogens with two attached hydrogens (primary N) is 1. The van der Waals surface area contributed by atoms with Gasteiger partial charge >= 0.3 is 0 Å². The zero-order valence-electron chi connectivity index (χ0n) is 9.89. The predicted octanol–water partition coefficient (Wildman–Crippen LogP) is -0.245. The van der Waals surface area contributed by atoms with Gasteiger partial charge in [-0.2, -0.15) is 0 Å². The van der Waals surface area contributed by atoms with Crippen molar-refractivity contribution in [3.63, 3.8) is 0 Å². The van der Waals surface area contributed by atoms with Crippen LogP contribution in [-0.2, 0) is 0 Å². The number of carbonyl (C=O) groups excluding carboxylic acids is 1. The molecule has 6 nitrogen and oxygen atoms in total. The van der Waals surface area contributed by atoms with Crippen LogP contribution < -0.4 is 11.2 Å². The van der Waals surface area contributed by atoms with E-state index in [9.17, 15) is 4.79 Å². The highest BCUT2D eigenvalue weighted by molar-refractivity contribution is 5.91. The molecule has 0 aliphatic carbocycles. The molecule has 6 heteroatoms. The highest BCUT2D eigenvalue weighted by Crippen LogP contribution is 2.10. The van der Waals surface area contributed by atoms with Crippen molar-refractivity contribution in [2.45, 2.75) is 0 Å². The summed E-state index contributed by atoms with van der Waals surface area (Å²) in [6.07, 6.45) is 1.58. The third kappa shape index (κ3) is 3.15. The Labute approximate surface area is 100 Å². The molecule has 1 aromatic rings. The van der Waals surface area contributed by atoms with E-state index in [4.69, 9.17) is 5.73 Å². The van der Waals surface area contributed by atoms with Gasteiger partial charge in [0.2, 0.25) is 0 Å². The molecular formula is C11H17N5O. The van der Waals surface area contributed by atoms with Crippen LogP contribution in [0, 0.1) is 0 Å². The Bertz CT molecular complexity index is 401. The lowest BCUT2D eigenvalue weighted by Gasteiger charge is -2.33. The molecular weight excluding hydrogens is 218 g/mol. The number of aromatic nitrogens is 1. The number of nitrogens with zero attached hydrogens (tertiary/aromatic N) is 3. The highest BCUT2D eigenvalue weighted by Gasteiger charge is 2.13. The number of hydrogen-bond donors (Lipinski definition) is 2. The topological polar surface area (TPSA) is 74.5 Å². The molecule has 0 aromatic carbocycles. The summed E-state index contributed by atoms with van der Waals surface area (Å²) in [5.74, 6) is -0.507. The van der Waals surface area contributed by atoms with Gasteiger partial charge in [-0.05, 0) is 19.2 Å². The van der Waals surface area contributed by atoms with Gasteiger partial charge in [-0.1, -0.05) is 0 Å². The highest BCUT2D eigenvalue weighted by atomic mass is 16.1. The summed E-state index contributed by atoms with van der Waals surface area (Å²) in [6.45, 7) is 3.96. The Balaban J connectivity index is 1.98. The fraction of sp³-hybridized carbons (Fsp3) is 0.455. The van der Waals surface area contributed by atoms with Crippen molar-refractivity contribution in [3.05, 3.63) is 24.0 Å². The van der Waals surface area contributed by atoms with Crippen molar-refractivity contribution < 1.29 is 4.79 Å². The number of nitrogens with one attached hydrogen (secondary N) is 1. The molecule has 2 rings (SSSR count). The lowest BCUT2D eigenvalue weighted by atomic mass is 10.3. The molecule has 0 unspecified atom stereocenters. The number of likely N-dealkylation sites (N-methyl/N-ethyl adjacent to an activating group) is 1. The average Bonchev–Trinajstić information content (AvgIpc) is 2.32. The SMILES string of the molecule is CN1CCN(Nc2ccnc(C(N)=O)c2)CC1. The minimum Gasteiger partial charge on any atom is -0.364 e.